The van der Waals surface area contributed by atoms with Crippen molar-refractivity contribution in [2.75, 3.05) is 0 Å². The Labute approximate surface area is 259 Å². The van der Waals surface area contributed by atoms with Crippen molar-refractivity contribution < 1.29 is 38.9 Å². The molecule has 0 spiro atoms. The third kappa shape index (κ3) is 18.3. The van der Waals surface area contributed by atoms with Crippen molar-refractivity contribution in [3.05, 3.63) is 0 Å². The normalized spacial score (nSPS) is 17.8. The number of carbonyl (C=O) groups is 4. The largest absolute Gasteiger partial charge is 0.444 e. The molecule has 0 radical (unpaired) electrons. The first-order valence-corrected chi connectivity index (χ1v) is 13.3. The minimum absolute atomic E-state index is 0. The van der Waals surface area contributed by atoms with Crippen LogP contribution in [0.15, 0.2) is 0 Å². The number of ether oxygens (including phenoxy) is 2. The van der Waals surface area contributed by atoms with Gasteiger partial charge in [-0.2, -0.15) is 27.0 Å². The van der Waals surface area contributed by atoms with Crippen LogP contribution in [-0.2, 0) is 19.1 Å². The highest BCUT2D eigenvalue weighted by Gasteiger charge is 2.33. The summed E-state index contributed by atoms with van der Waals surface area (Å²) < 4.78 is 10.2. The number of primary amides is 2. The van der Waals surface area contributed by atoms with Crippen LogP contribution < -0.4 is 22.1 Å². The van der Waals surface area contributed by atoms with Gasteiger partial charge < -0.3 is 41.8 Å². The second-order valence-electron chi connectivity index (χ2n) is 12.3. The number of aliphatic hydroxyl groups is 2. The van der Waals surface area contributed by atoms with Gasteiger partial charge in [0.25, 0.3) is 0 Å². The molecule has 14 heteroatoms. The van der Waals surface area contributed by atoms with E-state index in [2.05, 4.69) is 10.6 Å². The van der Waals surface area contributed by atoms with Crippen LogP contribution in [0.2, 0.25) is 0 Å². The molecular formula is C27H56N4O8S2. The minimum atomic E-state index is -1.38. The zero-order chi connectivity index (χ0) is 29.3. The summed E-state index contributed by atoms with van der Waals surface area (Å²) in [7, 11) is 0. The summed E-state index contributed by atoms with van der Waals surface area (Å²) >= 11 is 0. The van der Waals surface area contributed by atoms with Gasteiger partial charge in [-0.1, -0.05) is 46.0 Å². The highest BCUT2D eigenvalue weighted by atomic mass is 32.1. The van der Waals surface area contributed by atoms with Gasteiger partial charge in [-0.3, -0.25) is 9.59 Å². The Morgan fingerprint density at radius 2 is 0.976 bits per heavy atom. The summed E-state index contributed by atoms with van der Waals surface area (Å²) in [5, 5.41) is 24.6. The van der Waals surface area contributed by atoms with Gasteiger partial charge in [0.15, 0.2) is 12.2 Å². The summed E-state index contributed by atoms with van der Waals surface area (Å²) in [6.07, 6.45) is 3.56. The lowest BCUT2D eigenvalue weighted by Crippen LogP contribution is -2.51. The summed E-state index contributed by atoms with van der Waals surface area (Å²) in [5.41, 5.74) is 8.94. The van der Waals surface area contributed by atoms with Gasteiger partial charge in [0.05, 0.1) is 12.1 Å². The summed E-state index contributed by atoms with van der Waals surface area (Å²) in [5.74, 6) is -0.816. The monoisotopic (exact) mass is 628 g/mol. The maximum Gasteiger partial charge on any atom is 0.407 e. The Balaban J connectivity index is -0.000000656. The summed E-state index contributed by atoms with van der Waals surface area (Å²) in [6.45, 7) is 10.5. The molecule has 2 saturated carbocycles. The molecule has 2 rings (SSSR count). The van der Waals surface area contributed by atoms with Gasteiger partial charge >= 0.3 is 12.2 Å². The second kappa shape index (κ2) is 19.3. The van der Waals surface area contributed by atoms with Crippen LogP contribution >= 0.6 is 27.0 Å². The number of hydrogen-bond donors (Lipinski definition) is 6. The predicted octanol–water partition coefficient (Wildman–Crippen LogP) is 2.69. The molecule has 4 amide bonds. The molecular weight excluding hydrogens is 572 g/mol. The highest BCUT2D eigenvalue weighted by molar-refractivity contribution is 7.59. The predicted molar refractivity (Wildman–Crippen MR) is 168 cm³/mol. The van der Waals surface area contributed by atoms with E-state index in [0.717, 1.165) is 38.5 Å². The Kier molecular flexibility index (Phi) is 20.5. The number of nitrogens with two attached hydrogens (primary N) is 2. The highest BCUT2D eigenvalue weighted by Crippen LogP contribution is 2.32. The van der Waals surface area contributed by atoms with Gasteiger partial charge in [-0.05, 0) is 66.2 Å². The van der Waals surface area contributed by atoms with E-state index in [1.165, 1.54) is 0 Å². The SMILES string of the molecule is C.CC(C)(C)OC(=O)N[C@@H](CC1CCC1)[C@H](O)C(N)=O.CC(C)(C)OC(=O)N[C@H](CC1CCC1)[C@@H](O)C(N)=O.S.S. The fourth-order valence-corrected chi connectivity index (χ4v) is 4.02. The number of hydrogen-bond acceptors (Lipinski definition) is 8. The minimum Gasteiger partial charge on any atom is -0.444 e. The lowest BCUT2D eigenvalue weighted by Gasteiger charge is -2.32. The smallest absolute Gasteiger partial charge is 0.407 e. The standard InChI is InChI=1S/2C13H24N2O4.CH4.2H2S/c2*1-13(2,3)19-12(18)15-9(10(16)11(14)17)7-8-5-4-6-8;;;/h2*8-10,16H,4-7H2,1-3H3,(H2,14,17)(H,15,18);1H4;2*1H2/t2*9-,10-;;;/m10.../s1. The summed E-state index contributed by atoms with van der Waals surface area (Å²) in [4.78, 5) is 45.5. The maximum absolute atomic E-state index is 11.7. The van der Waals surface area contributed by atoms with E-state index < -0.39 is 59.5 Å². The zero-order valence-electron chi connectivity index (χ0n) is 24.6. The fourth-order valence-electron chi connectivity index (χ4n) is 4.02. The van der Waals surface area contributed by atoms with Gasteiger partial charge in [-0.15, -0.1) is 0 Å². The first-order valence-electron chi connectivity index (χ1n) is 13.3. The topological polar surface area (TPSA) is 203 Å². The average Bonchev–Trinajstić information content (AvgIpc) is 2.67. The molecule has 0 unspecified atom stereocenters. The molecule has 0 aliphatic heterocycles. The van der Waals surface area contributed by atoms with E-state index in [9.17, 15) is 29.4 Å². The number of alkyl carbamates (subject to hydrolysis) is 2. The molecule has 8 N–H and O–H groups in total. The number of carbonyl (C=O) groups excluding carboxylic acids is 4. The molecule has 4 atom stereocenters. The molecule has 12 nitrogen and oxygen atoms in total. The molecule has 0 heterocycles. The number of nitrogens with one attached hydrogen (secondary N) is 2. The first kappa shape index (κ1) is 43.6. The van der Waals surface area contributed by atoms with Gasteiger partial charge in [0.2, 0.25) is 11.8 Å². The number of aliphatic hydroxyl groups excluding tert-OH is 2. The first-order chi connectivity index (χ1) is 17.4. The average molecular weight is 629 g/mol. The lowest BCUT2D eigenvalue weighted by atomic mass is 9.80. The van der Waals surface area contributed by atoms with E-state index in [4.69, 9.17) is 20.9 Å². The maximum atomic E-state index is 11.7. The van der Waals surface area contributed by atoms with Crippen molar-refractivity contribution in [2.45, 2.75) is 136 Å². The van der Waals surface area contributed by atoms with Crippen LogP contribution in [0.1, 0.15) is 100 Å². The molecule has 0 aromatic rings. The van der Waals surface area contributed by atoms with Crippen LogP contribution in [0.5, 0.6) is 0 Å². The van der Waals surface area contributed by atoms with E-state index in [1.54, 1.807) is 41.5 Å². The molecule has 244 valence electrons. The van der Waals surface area contributed by atoms with Crippen LogP contribution in [-0.4, -0.2) is 69.7 Å². The van der Waals surface area contributed by atoms with E-state index >= 15 is 0 Å². The molecule has 0 aromatic carbocycles. The van der Waals surface area contributed by atoms with Crippen LogP contribution in [0.25, 0.3) is 0 Å². The van der Waals surface area contributed by atoms with Crippen molar-refractivity contribution in [1.29, 1.82) is 0 Å². The van der Waals surface area contributed by atoms with Crippen molar-refractivity contribution in [3.63, 3.8) is 0 Å². The Hall–Kier alpha value is -1.90. The van der Waals surface area contributed by atoms with E-state index in [-0.39, 0.29) is 34.4 Å². The van der Waals surface area contributed by atoms with E-state index in [0.29, 0.717) is 24.7 Å². The van der Waals surface area contributed by atoms with Crippen molar-refractivity contribution in [1.82, 2.24) is 10.6 Å². The van der Waals surface area contributed by atoms with Gasteiger partial charge in [0, 0.05) is 0 Å². The molecule has 41 heavy (non-hydrogen) atoms. The van der Waals surface area contributed by atoms with Crippen molar-refractivity contribution in [3.8, 4) is 0 Å². The molecule has 0 aromatic heterocycles. The Bertz CT molecular complexity index is 746. The third-order valence-electron chi connectivity index (χ3n) is 6.37. The van der Waals surface area contributed by atoms with Crippen LogP contribution in [0, 0.1) is 11.8 Å². The number of rotatable bonds is 10. The van der Waals surface area contributed by atoms with E-state index in [1.807, 2.05) is 0 Å². The lowest BCUT2D eigenvalue weighted by molar-refractivity contribution is -0.128. The molecule has 2 aliphatic rings. The van der Waals surface area contributed by atoms with Crippen LogP contribution in [0.3, 0.4) is 0 Å². The Morgan fingerprint density at radius 1 is 0.707 bits per heavy atom. The second-order valence-corrected chi connectivity index (χ2v) is 12.3. The molecule has 2 aliphatic carbocycles. The molecule has 2 fully saturated rings. The third-order valence-corrected chi connectivity index (χ3v) is 6.37. The van der Waals surface area contributed by atoms with Crippen molar-refractivity contribution >= 4 is 51.0 Å². The van der Waals surface area contributed by atoms with Crippen molar-refractivity contribution in [2.24, 2.45) is 23.3 Å². The quantitative estimate of drug-likeness (QED) is 0.212. The van der Waals surface area contributed by atoms with Gasteiger partial charge in [-0.25, -0.2) is 9.59 Å². The summed E-state index contributed by atoms with van der Waals surface area (Å²) in [6, 6.07) is -1.37. The van der Waals surface area contributed by atoms with Crippen LogP contribution in [0.4, 0.5) is 9.59 Å². The zero-order valence-corrected chi connectivity index (χ0v) is 26.6. The molecule has 0 bridgehead atoms. The van der Waals surface area contributed by atoms with Gasteiger partial charge in [0.1, 0.15) is 11.2 Å². The number of amides is 4. The fraction of sp³-hybridized carbons (Fsp3) is 0.852. The molecule has 0 saturated heterocycles. The Morgan fingerprint density at radius 3 is 1.15 bits per heavy atom.